The lowest BCUT2D eigenvalue weighted by Gasteiger charge is -2.31. The van der Waals surface area contributed by atoms with Crippen LogP contribution >= 0.6 is 23.2 Å². The Bertz CT molecular complexity index is 932. The van der Waals surface area contributed by atoms with Gasteiger partial charge in [-0.05, 0) is 49.0 Å². The summed E-state index contributed by atoms with van der Waals surface area (Å²) in [6, 6.07) is 4.33. The molecule has 3 aliphatic rings. The number of amidine groups is 2. The molecule has 0 aromatic heterocycles. The van der Waals surface area contributed by atoms with Crippen molar-refractivity contribution in [3.63, 3.8) is 0 Å². The van der Waals surface area contributed by atoms with Gasteiger partial charge >= 0.3 is 11.9 Å². The molecule has 0 bridgehead atoms. The first-order valence-electron chi connectivity index (χ1n) is 10.2. The van der Waals surface area contributed by atoms with E-state index in [4.69, 9.17) is 28.2 Å². The molecule has 0 N–H and O–H groups in total. The van der Waals surface area contributed by atoms with Crippen LogP contribution in [0, 0.1) is 5.92 Å². The summed E-state index contributed by atoms with van der Waals surface area (Å²) < 4.78 is 1.95. The first-order valence-corrected chi connectivity index (χ1v) is 10.9. The van der Waals surface area contributed by atoms with Crippen LogP contribution in [0.3, 0.4) is 0 Å². The van der Waals surface area contributed by atoms with Gasteiger partial charge in [0.15, 0.2) is 0 Å². The molecular weight excluding hydrogens is 425 g/mol. The van der Waals surface area contributed by atoms with Gasteiger partial charge in [0, 0.05) is 29.7 Å². The molecule has 160 valence electrons. The summed E-state index contributed by atoms with van der Waals surface area (Å²) in [5.74, 6) is 1.67. The van der Waals surface area contributed by atoms with Crippen LogP contribution < -0.4 is 0 Å². The molecule has 0 aliphatic carbocycles. The third kappa shape index (κ3) is 3.74. The van der Waals surface area contributed by atoms with Crippen molar-refractivity contribution >= 4 is 46.8 Å². The monoisotopic (exact) mass is 450 g/mol. The Morgan fingerprint density at radius 3 is 2.37 bits per heavy atom. The van der Waals surface area contributed by atoms with Gasteiger partial charge in [-0.1, -0.05) is 36.2 Å². The normalized spacial score (nSPS) is 23.4. The molecule has 1 aromatic carbocycles. The number of aliphatic imine (C=N–C) groups is 1. The number of halogens is 2. The van der Waals surface area contributed by atoms with Gasteiger partial charge in [-0.2, -0.15) is 0 Å². The Hall–Kier alpha value is -1.96. The fourth-order valence-corrected chi connectivity index (χ4v) is 4.75. The molecule has 0 saturated carbocycles. The summed E-state index contributed by atoms with van der Waals surface area (Å²) >= 11 is 12.9. The number of fused-ring (bicyclic) bond motifs is 1. The highest BCUT2D eigenvalue weighted by molar-refractivity contribution is 6.36. The first kappa shape index (κ1) is 21.3. The van der Waals surface area contributed by atoms with Crippen molar-refractivity contribution in [2.45, 2.75) is 32.4 Å². The smallest absolute Gasteiger partial charge is 0.292 e. The quantitative estimate of drug-likeness (QED) is 0.662. The van der Waals surface area contributed by atoms with Crippen LogP contribution in [0.25, 0.3) is 0 Å². The highest BCUT2D eigenvalue weighted by atomic mass is 35.5. The summed E-state index contributed by atoms with van der Waals surface area (Å²) in [5.41, 5.74) is 0.747. The van der Waals surface area contributed by atoms with Crippen molar-refractivity contribution in [1.29, 1.82) is 0 Å². The zero-order chi connectivity index (χ0) is 21.6. The van der Waals surface area contributed by atoms with Gasteiger partial charge in [0.05, 0.1) is 0 Å². The Labute approximate surface area is 186 Å². The minimum absolute atomic E-state index is 0.290. The van der Waals surface area contributed by atoms with Gasteiger partial charge in [0.25, 0.3) is 17.8 Å². The Kier molecular flexibility index (Phi) is 5.88. The predicted octanol–water partition coefficient (Wildman–Crippen LogP) is 2.94. The van der Waals surface area contributed by atoms with Crippen LogP contribution in [0.1, 0.15) is 25.3 Å². The number of urea groups is 1. The van der Waals surface area contributed by atoms with E-state index < -0.39 is 6.04 Å². The minimum Gasteiger partial charge on any atom is -0.292 e. The maximum Gasteiger partial charge on any atom is 0.333 e. The maximum absolute atomic E-state index is 13.1. The average Bonchev–Trinajstić information content (AvgIpc) is 3.07. The highest BCUT2D eigenvalue weighted by Crippen LogP contribution is 2.28. The minimum atomic E-state index is -0.663. The topological polar surface area (TPSA) is 59.2 Å². The molecule has 0 radical (unpaired) electrons. The number of imide groups is 1. The van der Waals surface area contributed by atoms with Gasteiger partial charge < -0.3 is 0 Å². The maximum atomic E-state index is 13.1. The second-order valence-corrected chi connectivity index (χ2v) is 9.13. The third-order valence-electron chi connectivity index (χ3n) is 6.24. The van der Waals surface area contributed by atoms with Crippen LogP contribution in [-0.4, -0.2) is 82.7 Å². The van der Waals surface area contributed by atoms with E-state index in [0.717, 1.165) is 48.1 Å². The van der Waals surface area contributed by atoms with Crippen LogP contribution in [-0.2, 0) is 11.3 Å². The number of hydrogen-bond donors (Lipinski definition) is 0. The van der Waals surface area contributed by atoms with Gasteiger partial charge in [-0.3, -0.25) is 19.5 Å². The molecule has 3 aliphatic heterocycles. The summed E-state index contributed by atoms with van der Waals surface area (Å²) in [7, 11) is 3.16. The average molecular weight is 451 g/mol. The third-order valence-corrected chi connectivity index (χ3v) is 6.95. The van der Waals surface area contributed by atoms with E-state index >= 15 is 0 Å². The Morgan fingerprint density at radius 1 is 1.10 bits per heavy atom. The van der Waals surface area contributed by atoms with Crippen LogP contribution in [0.2, 0.25) is 10.0 Å². The van der Waals surface area contributed by atoms with E-state index in [9.17, 15) is 9.59 Å². The molecule has 30 heavy (non-hydrogen) atoms. The largest absolute Gasteiger partial charge is 0.333 e. The molecule has 3 amide bonds. The summed E-state index contributed by atoms with van der Waals surface area (Å²) in [6.45, 7) is 5.22. The molecule has 2 saturated heterocycles. The second-order valence-electron chi connectivity index (χ2n) is 8.31. The number of rotatable bonds is 4. The van der Waals surface area contributed by atoms with Gasteiger partial charge in [-0.25, -0.2) is 9.37 Å². The van der Waals surface area contributed by atoms with Crippen molar-refractivity contribution in [1.82, 2.24) is 14.7 Å². The molecule has 3 heterocycles. The zero-order valence-corrected chi connectivity index (χ0v) is 18.9. The first-order chi connectivity index (χ1) is 14.3. The molecule has 1 aromatic rings. The fraction of sp³-hybridized carbons (Fsp3) is 0.524. The molecule has 2 fully saturated rings. The number of carbonyl (C=O) groups is 2. The van der Waals surface area contributed by atoms with Crippen LogP contribution in [0.15, 0.2) is 23.2 Å². The Morgan fingerprint density at radius 2 is 1.73 bits per heavy atom. The molecular formula is C21H26Cl2N5O2+. The lowest BCUT2D eigenvalue weighted by molar-refractivity contribution is -0.552. The van der Waals surface area contributed by atoms with E-state index in [1.165, 1.54) is 11.9 Å². The van der Waals surface area contributed by atoms with Crippen molar-refractivity contribution in [3.8, 4) is 0 Å². The number of nitrogens with zero attached hydrogens (tertiary/aromatic N) is 5. The number of amides is 3. The van der Waals surface area contributed by atoms with E-state index in [1.807, 2.05) is 4.58 Å². The molecule has 4 rings (SSSR count). The molecule has 1 atom stereocenters. The van der Waals surface area contributed by atoms with Crippen LogP contribution in [0.5, 0.6) is 0 Å². The standard InChI is InChI=1S/C21H26Cl2N5O2/c1-13-7-9-27(10-8-13)12-17-24-19-18(20(29)26(3)21(30)25(19)2)28(17)11-14-15(22)5-4-6-16(14)23/h4-6,13,18H,7-12H2,1-3H3/q+1. The number of likely N-dealkylation sites (tertiary alicyclic amines) is 1. The molecule has 1 unspecified atom stereocenters. The fourth-order valence-electron chi connectivity index (χ4n) is 4.23. The number of piperidine rings is 1. The number of likely N-dealkylation sites (N-methyl/N-ethyl adjacent to an activating group) is 2. The highest BCUT2D eigenvalue weighted by Gasteiger charge is 2.53. The molecule has 0 spiro atoms. The number of benzene rings is 1. The van der Waals surface area contributed by atoms with Crippen molar-refractivity contribution in [3.05, 3.63) is 33.8 Å². The number of carbonyl (C=O) groups excluding carboxylic acids is 2. The van der Waals surface area contributed by atoms with E-state index in [0.29, 0.717) is 29.0 Å². The van der Waals surface area contributed by atoms with E-state index in [-0.39, 0.29) is 11.9 Å². The van der Waals surface area contributed by atoms with Crippen molar-refractivity contribution in [2.75, 3.05) is 33.7 Å². The van der Waals surface area contributed by atoms with Crippen molar-refractivity contribution < 1.29 is 14.2 Å². The van der Waals surface area contributed by atoms with E-state index in [2.05, 4.69) is 11.8 Å². The van der Waals surface area contributed by atoms with Crippen LogP contribution in [0.4, 0.5) is 4.79 Å². The Balaban J connectivity index is 1.72. The second kappa shape index (κ2) is 8.29. The number of hydrogen-bond acceptors (Lipinski definition) is 4. The lowest BCUT2D eigenvalue weighted by atomic mass is 9.99. The van der Waals surface area contributed by atoms with Gasteiger partial charge in [0.2, 0.25) is 0 Å². The lowest BCUT2D eigenvalue weighted by Crippen LogP contribution is -2.61. The summed E-state index contributed by atoms with van der Waals surface area (Å²) in [4.78, 5) is 35.3. The van der Waals surface area contributed by atoms with Gasteiger partial charge in [-0.15, -0.1) is 0 Å². The SMILES string of the molecule is CC1CCN(CC2=[N+](Cc3c(Cl)cccc3Cl)C3C(=O)N(C)C(=O)N(C)C3=N2)CC1. The van der Waals surface area contributed by atoms with Crippen molar-refractivity contribution in [2.24, 2.45) is 10.9 Å². The molecule has 7 nitrogen and oxygen atoms in total. The molecule has 9 heteroatoms. The summed E-state index contributed by atoms with van der Waals surface area (Å²) in [5, 5.41) is 1.09. The van der Waals surface area contributed by atoms with E-state index in [1.54, 1.807) is 25.2 Å². The zero-order valence-electron chi connectivity index (χ0n) is 17.4. The van der Waals surface area contributed by atoms with Gasteiger partial charge in [0.1, 0.15) is 13.1 Å². The summed E-state index contributed by atoms with van der Waals surface area (Å²) in [6.07, 6.45) is 2.29. The predicted molar refractivity (Wildman–Crippen MR) is 117 cm³/mol.